The highest BCUT2D eigenvalue weighted by Gasteiger charge is 2.30. The zero-order valence-electron chi connectivity index (χ0n) is 9.15. The van der Waals surface area contributed by atoms with Crippen molar-refractivity contribution in [1.82, 2.24) is 0 Å². The first kappa shape index (κ1) is 12.5. The predicted molar refractivity (Wildman–Crippen MR) is 60.8 cm³/mol. The van der Waals surface area contributed by atoms with Crippen molar-refractivity contribution in [2.24, 2.45) is 17.3 Å². The van der Waals surface area contributed by atoms with Crippen LogP contribution in [0.5, 0.6) is 0 Å². The second kappa shape index (κ2) is 5.26. The minimum Gasteiger partial charge on any atom is -0.0922 e. The Labute approximate surface area is 86.3 Å². The Morgan fingerprint density at radius 2 is 1.75 bits per heavy atom. The van der Waals surface area contributed by atoms with Gasteiger partial charge in [0.15, 0.2) is 0 Å². The summed E-state index contributed by atoms with van der Waals surface area (Å²) >= 11 is 3.63. The Bertz CT molecular complexity index is 116. The van der Waals surface area contributed by atoms with Crippen LogP contribution in [-0.4, -0.2) is 5.33 Å². The highest BCUT2D eigenvalue weighted by molar-refractivity contribution is 9.09. The van der Waals surface area contributed by atoms with E-state index in [0.717, 1.165) is 17.2 Å². The molecule has 0 radical (unpaired) electrons. The Morgan fingerprint density at radius 1 is 1.25 bits per heavy atom. The third-order valence-corrected chi connectivity index (χ3v) is 4.99. The molecule has 0 heterocycles. The topological polar surface area (TPSA) is 0 Å². The minimum absolute atomic E-state index is 0.482. The number of halogens is 1. The van der Waals surface area contributed by atoms with Crippen molar-refractivity contribution in [3.8, 4) is 0 Å². The van der Waals surface area contributed by atoms with Crippen molar-refractivity contribution in [2.45, 2.75) is 47.5 Å². The van der Waals surface area contributed by atoms with E-state index in [-0.39, 0.29) is 0 Å². The predicted octanol–water partition coefficient (Wildman–Crippen LogP) is 4.48. The van der Waals surface area contributed by atoms with Crippen molar-refractivity contribution >= 4 is 15.9 Å². The van der Waals surface area contributed by atoms with Gasteiger partial charge in [-0.05, 0) is 23.7 Å². The van der Waals surface area contributed by atoms with Crippen LogP contribution in [0.3, 0.4) is 0 Å². The molecule has 74 valence electrons. The van der Waals surface area contributed by atoms with Crippen LogP contribution in [0.2, 0.25) is 0 Å². The first-order valence-electron chi connectivity index (χ1n) is 5.07. The summed E-state index contributed by atoms with van der Waals surface area (Å²) in [4.78, 5) is 0. The van der Waals surface area contributed by atoms with Crippen LogP contribution in [0, 0.1) is 17.3 Å². The maximum atomic E-state index is 3.63. The minimum atomic E-state index is 0.482. The van der Waals surface area contributed by atoms with Crippen LogP contribution in [0.4, 0.5) is 0 Å². The molecule has 0 aromatic carbocycles. The third kappa shape index (κ3) is 2.76. The van der Waals surface area contributed by atoms with E-state index < -0.39 is 0 Å². The van der Waals surface area contributed by atoms with E-state index in [1.54, 1.807) is 0 Å². The fourth-order valence-electron chi connectivity index (χ4n) is 1.58. The number of hydrogen-bond acceptors (Lipinski definition) is 0. The molecule has 0 saturated carbocycles. The summed E-state index contributed by atoms with van der Waals surface area (Å²) in [5, 5.41) is 1.13. The van der Waals surface area contributed by atoms with Gasteiger partial charge in [0.1, 0.15) is 0 Å². The Balaban J connectivity index is 4.29. The molecule has 0 amide bonds. The van der Waals surface area contributed by atoms with Crippen LogP contribution < -0.4 is 0 Å². The van der Waals surface area contributed by atoms with E-state index in [2.05, 4.69) is 50.5 Å². The van der Waals surface area contributed by atoms with Crippen LogP contribution >= 0.6 is 15.9 Å². The molecule has 0 aromatic heterocycles. The van der Waals surface area contributed by atoms with Crippen molar-refractivity contribution in [3.05, 3.63) is 0 Å². The molecule has 0 saturated heterocycles. The van der Waals surface area contributed by atoms with Gasteiger partial charge < -0.3 is 0 Å². The van der Waals surface area contributed by atoms with E-state index in [1.165, 1.54) is 12.8 Å². The summed E-state index contributed by atoms with van der Waals surface area (Å²) in [5.41, 5.74) is 0.482. The summed E-state index contributed by atoms with van der Waals surface area (Å²) in [5.74, 6) is 1.65. The number of hydrogen-bond donors (Lipinski definition) is 0. The Hall–Kier alpha value is 0.480. The molecule has 0 aliphatic rings. The van der Waals surface area contributed by atoms with Gasteiger partial charge in [-0.3, -0.25) is 0 Å². The molecule has 0 rings (SSSR count). The second-order valence-electron chi connectivity index (χ2n) is 4.32. The smallest absolute Gasteiger partial charge is 0.00878 e. The standard InChI is InChI=1S/C11H23Br/c1-6-9(3)10(4)11(5,7-2)8-12/h9-10H,6-8H2,1-5H3. The van der Waals surface area contributed by atoms with E-state index in [0.29, 0.717) is 5.41 Å². The normalized spacial score (nSPS) is 21.5. The van der Waals surface area contributed by atoms with Gasteiger partial charge in [-0.25, -0.2) is 0 Å². The lowest BCUT2D eigenvalue weighted by atomic mass is 9.71. The van der Waals surface area contributed by atoms with Gasteiger partial charge in [0, 0.05) is 5.33 Å². The van der Waals surface area contributed by atoms with Crippen LogP contribution in [0.25, 0.3) is 0 Å². The first-order valence-corrected chi connectivity index (χ1v) is 6.20. The van der Waals surface area contributed by atoms with E-state index in [9.17, 15) is 0 Å². The lowest BCUT2D eigenvalue weighted by Gasteiger charge is -2.36. The van der Waals surface area contributed by atoms with Gasteiger partial charge in [0.05, 0.1) is 0 Å². The van der Waals surface area contributed by atoms with Crippen LogP contribution in [-0.2, 0) is 0 Å². The van der Waals surface area contributed by atoms with E-state index >= 15 is 0 Å². The number of alkyl halides is 1. The average molecular weight is 235 g/mol. The van der Waals surface area contributed by atoms with Gasteiger partial charge in [0.25, 0.3) is 0 Å². The molecule has 0 bridgehead atoms. The van der Waals surface area contributed by atoms with Gasteiger partial charge in [0.2, 0.25) is 0 Å². The maximum absolute atomic E-state index is 3.63. The highest BCUT2D eigenvalue weighted by atomic mass is 79.9. The largest absolute Gasteiger partial charge is 0.0922 e. The average Bonchev–Trinajstić information content (AvgIpc) is 2.14. The van der Waals surface area contributed by atoms with Gasteiger partial charge in [-0.15, -0.1) is 0 Å². The molecule has 3 atom stereocenters. The molecule has 0 aliphatic carbocycles. The van der Waals surface area contributed by atoms with Crippen molar-refractivity contribution in [2.75, 3.05) is 5.33 Å². The maximum Gasteiger partial charge on any atom is 0.00878 e. The molecule has 0 aliphatic heterocycles. The lowest BCUT2D eigenvalue weighted by Crippen LogP contribution is -2.30. The van der Waals surface area contributed by atoms with Crippen molar-refractivity contribution in [3.63, 3.8) is 0 Å². The molecule has 1 heteroatoms. The summed E-state index contributed by atoms with van der Waals surface area (Å²) in [7, 11) is 0. The summed E-state index contributed by atoms with van der Waals surface area (Å²) in [6, 6.07) is 0. The van der Waals surface area contributed by atoms with Gasteiger partial charge in [-0.1, -0.05) is 57.0 Å². The van der Waals surface area contributed by atoms with Crippen LogP contribution in [0.1, 0.15) is 47.5 Å². The highest BCUT2D eigenvalue weighted by Crippen LogP contribution is 2.38. The molecule has 0 N–H and O–H groups in total. The van der Waals surface area contributed by atoms with Gasteiger partial charge >= 0.3 is 0 Å². The van der Waals surface area contributed by atoms with Crippen LogP contribution in [0.15, 0.2) is 0 Å². The summed E-state index contributed by atoms with van der Waals surface area (Å²) in [6.45, 7) is 11.7. The van der Waals surface area contributed by atoms with Crippen molar-refractivity contribution < 1.29 is 0 Å². The fourth-order valence-corrected chi connectivity index (χ4v) is 2.49. The Morgan fingerprint density at radius 3 is 2.00 bits per heavy atom. The molecular formula is C11H23Br. The quantitative estimate of drug-likeness (QED) is 0.616. The van der Waals surface area contributed by atoms with E-state index in [1.807, 2.05) is 0 Å². The molecule has 0 nitrogen and oxygen atoms in total. The first-order chi connectivity index (χ1) is 5.51. The third-order valence-electron chi connectivity index (χ3n) is 3.71. The van der Waals surface area contributed by atoms with E-state index in [4.69, 9.17) is 0 Å². The number of rotatable bonds is 5. The molecule has 12 heavy (non-hydrogen) atoms. The molecule has 3 unspecified atom stereocenters. The summed E-state index contributed by atoms with van der Waals surface area (Å²) in [6.07, 6.45) is 2.56. The summed E-state index contributed by atoms with van der Waals surface area (Å²) < 4.78 is 0. The fraction of sp³-hybridized carbons (Fsp3) is 1.00. The Kier molecular flexibility index (Phi) is 5.47. The zero-order valence-corrected chi connectivity index (χ0v) is 10.7. The lowest BCUT2D eigenvalue weighted by molar-refractivity contribution is 0.163. The van der Waals surface area contributed by atoms with Crippen molar-refractivity contribution in [1.29, 1.82) is 0 Å². The molecule has 0 aromatic rings. The molecule has 0 spiro atoms. The SMILES string of the molecule is CCC(C)C(C)C(C)(CC)CBr. The zero-order chi connectivity index (χ0) is 9.78. The second-order valence-corrected chi connectivity index (χ2v) is 4.88. The van der Waals surface area contributed by atoms with Gasteiger partial charge in [-0.2, -0.15) is 0 Å². The molecular weight excluding hydrogens is 212 g/mol. The monoisotopic (exact) mass is 234 g/mol. The molecule has 0 fully saturated rings.